The van der Waals surface area contributed by atoms with Crippen molar-refractivity contribution >= 4 is 17.7 Å². The topological polar surface area (TPSA) is 29.5 Å². The van der Waals surface area contributed by atoms with Gasteiger partial charge in [0, 0.05) is 0 Å². The molecule has 0 spiro atoms. The summed E-state index contributed by atoms with van der Waals surface area (Å²) in [6.07, 6.45) is 1.35. The molecule has 0 saturated carbocycles. The summed E-state index contributed by atoms with van der Waals surface area (Å²) in [5, 5.41) is 0. The van der Waals surface area contributed by atoms with Crippen molar-refractivity contribution in [1.82, 2.24) is 0 Å². The summed E-state index contributed by atoms with van der Waals surface area (Å²) < 4.78 is 5.70. The molecule has 0 saturated heterocycles. The van der Waals surface area contributed by atoms with Crippen LogP contribution in [0, 0.1) is 6.92 Å². The predicted octanol–water partition coefficient (Wildman–Crippen LogP) is 3.95. The van der Waals surface area contributed by atoms with E-state index in [1.807, 2.05) is 55.5 Å². The highest BCUT2D eigenvalue weighted by Gasteiger charge is 2.31. The maximum absolute atomic E-state index is 12.5. The van der Waals surface area contributed by atoms with Gasteiger partial charge in [0.05, 0.1) is 12.2 Å². The maximum Gasteiger partial charge on any atom is 0.268 e. The summed E-state index contributed by atoms with van der Waals surface area (Å²) in [5.41, 5.74) is 4.11. The third-order valence-corrected chi connectivity index (χ3v) is 3.88. The average Bonchev–Trinajstić information content (AvgIpc) is 2.53. The number of carbonyl (C=O) groups excluding carboxylic acids is 1. The number of nitrogens with zero attached hydrogens (tertiary/aromatic N) is 1. The van der Waals surface area contributed by atoms with E-state index in [0.717, 1.165) is 28.1 Å². The third kappa shape index (κ3) is 2.62. The number of aryl methyl sites for hydroxylation is 1. The Balaban J connectivity index is 1.95. The second kappa shape index (κ2) is 5.68. The minimum atomic E-state index is -0.456. The fourth-order valence-electron chi connectivity index (χ4n) is 2.62. The first-order valence-electron chi connectivity index (χ1n) is 7.38. The van der Waals surface area contributed by atoms with Crippen molar-refractivity contribution in [2.75, 3.05) is 4.90 Å². The van der Waals surface area contributed by atoms with Crippen LogP contribution in [-0.4, -0.2) is 12.0 Å². The number of rotatable bonds is 3. The average molecular weight is 293 g/mol. The number of carbonyl (C=O) groups is 1. The molecule has 3 heteroatoms. The number of amides is 1. The van der Waals surface area contributed by atoms with E-state index in [1.54, 1.807) is 11.8 Å². The Labute approximate surface area is 130 Å². The number of ether oxygens (including phenoxy) is 1. The normalized spacial score (nSPS) is 16.9. The zero-order chi connectivity index (χ0) is 15.7. The van der Waals surface area contributed by atoms with Crippen LogP contribution in [-0.2, 0) is 11.3 Å². The van der Waals surface area contributed by atoms with Crippen LogP contribution < -0.4 is 9.64 Å². The fourth-order valence-corrected chi connectivity index (χ4v) is 2.62. The van der Waals surface area contributed by atoms with E-state index >= 15 is 0 Å². The molecule has 1 heterocycles. The zero-order valence-corrected chi connectivity index (χ0v) is 12.9. The monoisotopic (exact) mass is 293 g/mol. The number of fused-ring (bicyclic) bond motifs is 1. The minimum Gasteiger partial charge on any atom is -0.479 e. The lowest BCUT2D eigenvalue weighted by atomic mass is 10.1. The molecule has 1 aliphatic rings. The highest BCUT2D eigenvalue weighted by atomic mass is 16.5. The van der Waals surface area contributed by atoms with Gasteiger partial charge >= 0.3 is 0 Å². The molecule has 1 aliphatic heterocycles. The van der Waals surface area contributed by atoms with Gasteiger partial charge in [-0.25, -0.2) is 0 Å². The smallest absolute Gasteiger partial charge is 0.268 e. The van der Waals surface area contributed by atoms with E-state index in [0.29, 0.717) is 6.54 Å². The molecule has 1 atom stereocenters. The van der Waals surface area contributed by atoms with Gasteiger partial charge in [-0.05, 0) is 42.7 Å². The first-order valence-corrected chi connectivity index (χ1v) is 7.38. The van der Waals surface area contributed by atoms with Crippen LogP contribution in [0.1, 0.15) is 23.6 Å². The molecule has 1 unspecified atom stereocenters. The highest BCUT2D eigenvalue weighted by Crippen LogP contribution is 2.35. The quantitative estimate of drug-likeness (QED) is 0.857. The van der Waals surface area contributed by atoms with Gasteiger partial charge in [-0.1, -0.05) is 43.0 Å². The predicted molar refractivity (Wildman–Crippen MR) is 89.0 cm³/mol. The van der Waals surface area contributed by atoms with Gasteiger partial charge in [0.15, 0.2) is 6.10 Å². The molecule has 2 aromatic rings. The van der Waals surface area contributed by atoms with Crippen molar-refractivity contribution in [2.45, 2.75) is 26.5 Å². The SMILES string of the molecule is C=Cc1ccc(CN2C(=O)C(C)Oc3ccc(C)cc32)cc1. The largest absolute Gasteiger partial charge is 0.479 e. The van der Waals surface area contributed by atoms with Gasteiger partial charge in [-0.3, -0.25) is 4.79 Å². The van der Waals surface area contributed by atoms with Crippen molar-refractivity contribution in [3.8, 4) is 5.75 Å². The second-order valence-corrected chi connectivity index (χ2v) is 5.60. The van der Waals surface area contributed by atoms with Crippen LogP contribution in [0.4, 0.5) is 5.69 Å². The molecule has 1 amide bonds. The summed E-state index contributed by atoms with van der Waals surface area (Å²) in [7, 11) is 0. The van der Waals surface area contributed by atoms with Crippen LogP contribution in [0.25, 0.3) is 6.08 Å². The van der Waals surface area contributed by atoms with Gasteiger partial charge in [0.25, 0.3) is 5.91 Å². The molecule has 112 valence electrons. The molecular weight excluding hydrogens is 274 g/mol. The lowest BCUT2D eigenvalue weighted by Crippen LogP contribution is -2.44. The molecule has 0 fully saturated rings. The summed E-state index contributed by atoms with van der Waals surface area (Å²) >= 11 is 0. The molecule has 3 nitrogen and oxygen atoms in total. The van der Waals surface area contributed by atoms with Gasteiger partial charge < -0.3 is 9.64 Å². The number of hydrogen-bond acceptors (Lipinski definition) is 2. The Morgan fingerprint density at radius 2 is 1.95 bits per heavy atom. The van der Waals surface area contributed by atoms with Crippen molar-refractivity contribution in [3.05, 3.63) is 65.7 Å². The zero-order valence-electron chi connectivity index (χ0n) is 12.9. The van der Waals surface area contributed by atoms with E-state index in [-0.39, 0.29) is 5.91 Å². The number of hydrogen-bond donors (Lipinski definition) is 0. The molecule has 0 aliphatic carbocycles. The Morgan fingerprint density at radius 3 is 2.64 bits per heavy atom. The summed E-state index contributed by atoms with van der Waals surface area (Å²) in [6.45, 7) is 8.10. The van der Waals surface area contributed by atoms with Crippen LogP contribution in [0.2, 0.25) is 0 Å². The van der Waals surface area contributed by atoms with Crippen LogP contribution >= 0.6 is 0 Å². The molecule has 0 bridgehead atoms. The first-order chi connectivity index (χ1) is 10.6. The standard InChI is InChI=1S/C19H19NO2/c1-4-15-6-8-16(9-7-15)12-20-17-11-13(2)5-10-18(17)22-14(3)19(20)21/h4-11,14H,1,12H2,2-3H3. The van der Waals surface area contributed by atoms with Gasteiger partial charge in [-0.2, -0.15) is 0 Å². The van der Waals surface area contributed by atoms with E-state index in [1.165, 1.54) is 0 Å². The summed E-state index contributed by atoms with van der Waals surface area (Å²) in [5.74, 6) is 0.756. The third-order valence-electron chi connectivity index (χ3n) is 3.88. The minimum absolute atomic E-state index is 0.00843. The fraction of sp³-hybridized carbons (Fsp3) is 0.211. The second-order valence-electron chi connectivity index (χ2n) is 5.60. The molecule has 2 aromatic carbocycles. The van der Waals surface area contributed by atoms with Gasteiger partial charge in [0.1, 0.15) is 5.75 Å². The van der Waals surface area contributed by atoms with E-state index < -0.39 is 6.10 Å². The summed E-state index contributed by atoms with van der Waals surface area (Å²) in [4.78, 5) is 14.3. The van der Waals surface area contributed by atoms with Crippen LogP contribution in [0.15, 0.2) is 49.0 Å². The molecule has 0 N–H and O–H groups in total. The Kier molecular flexibility index (Phi) is 3.72. The number of benzene rings is 2. The molecule has 3 rings (SSSR count). The molecule has 0 radical (unpaired) electrons. The lowest BCUT2D eigenvalue weighted by Gasteiger charge is -2.33. The van der Waals surface area contributed by atoms with E-state index in [2.05, 4.69) is 6.58 Å². The van der Waals surface area contributed by atoms with Gasteiger partial charge in [-0.15, -0.1) is 0 Å². The molecule has 22 heavy (non-hydrogen) atoms. The Bertz CT molecular complexity index is 719. The van der Waals surface area contributed by atoms with Crippen molar-refractivity contribution < 1.29 is 9.53 Å². The maximum atomic E-state index is 12.5. The first kappa shape index (κ1) is 14.4. The Morgan fingerprint density at radius 1 is 1.23 bits per heavy atom. The highest BCUT2D eigenvalue weighted by molar-refractivity contribution is 5.99. The van der Waals surface area contributed by atoms with Gasteiger partial charge in [0.2, 0.25) is 0 Å². The Hall–Kier alpha value is -2.55. The van der Waals surface area contributed by atoms with E-state index in [9.17, 15) is 4.79 Å². The van der Waals surface area contributed by atoms with Crippen molar-refractivity contribution in [1.29, 1.82) is 0 Å². The lowest BCUT2D eigenvalue weighted by molar-refractivity contribution is -0.125. The van der Waals surface area contributed by atoms with Crippen molar-refractivity contribution in [3.63, 3.8) is 0 Å². The van der Waals surface area contributed by atoms with Crippen molar-refractivity contribution in [2.24, 2.45) is 0 Å². The summed E-state index contributed by atoms with van der Waals surface area (Å²) in [6, 6.07) is 14.0. The molecular formula is C19H19NO2. The van der Waals surface area contributed by atoms with Crippen LogP contribution in [0.5, 0.6) is 5.75 Å². The van der Waals surface area contributed by atoms with Crippen LogP contribution in [0.3, 0.4) is 0 Å². The molecule has 0 aromatic heterocycles. The number of anilines is 1. The van der Waals surface area contributed by atoms with E-state index in [4.69, 9.17) is 4.74 Å².